The van der Waals surface area contributed by atoms with Crippen molar-refractivity contribution in [3.05, 3.63) is 59.2 Å². The molecule has 0 spiro atoms. The summed E-state index contributed by atoms with van der Waals surface area (Å²) in [6, 6.07) is 14.7. The number of para-hydroxylation sites is 1. The predicted octanol–water partition coefficient (Wildman–Crippen LogP) is 3.48. The number of fused-ring (bicyclic) bond motifs is 2. The summed E-state index contributed by atoms with van der Waals surface area (Å²) in [6.45, 7) is 2.51. The van der Waals surface area contributed by atoms with Crippen LogP contribution in [0.4, 0.5) is 11.4 Å². The molecule has 7 heteroatoms. The number of amides is 1. The van der Waals surface area contributed by atoms with Crippen LogP contribution in [0.3, 0.4) is 0 Å². The highest BCUT2D eigenvalue weighted by atomic mass is 127. The maximum absolute atomic E-state index is 12.0. The minimum absolute atomic E-state index is 0. The summed E-state index contributed by atoms with van der Waals surface area (Å²) in [5.41, 5.74) is 6.11. The Morgan fingerprint density at radius 2 is 2.07 bits per heavy atom. The topological polar surface area (TPSA) is 68.8 Å². The predicted molar refractivity (Wildman–Crippen MR) is 134 cm³/mol. The van der Waals surface area contributed by atoms with Crippen molar-refractivity contribution in [2.24, 2.45) is 4.99 Å². The van der Waals surface area contributed by atoms with Gasteiger partial charge in [0.1, 0.15) is 0 Å². The minimum Gasteiger partial charge on any atom is -0.374 e. The number of nitrogens with one attached hydrogen (secondary N) is 3. The largest absolute Gasteiger partial charge is 0.374 e. The maximum Gasteiger partial charge on any atom is 0.225 e. The average molecular weight is 519 g/mol. The molecule has 0 bridgehead atoms. The summed E-state index contributed by atoms with van der Waals surface area (Å²) < 4.78 is 0. The van der Waals surface area contributed by atoms with Crippen molar-refractivity contribution in [2.45, 2.75) is 31.7 Å². The van der Waals surface area contributed by atoms with Crippen LogP contribution in [0.5, 0.6) is 0 Å². The SMILES string of the molecule is CN=C(NCc1ccc2c(c1)CCCN2C)NCC1CC(=O)Nc2ccccc21.I. The lowest BCUT2D eigenvalue weighted by molar-refractivity contribution is -0.116. The lowest BCUT2D eigenvalue weighted by Crippen LogP contribution is -2.40. The van der Waals surface area contributed by atoms with E-state index in [2.05, 4.69) is 57.2 Å². The minimum atomic E-state index is 0. The molecule has 0 aromatic heterocycles. The van der Waals surface area contributed by atoms with Crippen molar-refractivity contribution in [2.75, 3.05) is 37.4 Å². The lowest BCUT2D eigenvalue weighted by atomic mass is 9.90. The van der Waals surface area contributed by atoms with Crippen molar-refractivity contribution in [3.8, 4) is 0 Å². The van der Waals surface area contributed by atoms with E-state index in [0.29, 0.717) is 13.0 Å². The van der Waals surface area contributed by atoms with Gasteiger partial charge in [-0.1, -0.05) is 30.3 Å². The Morgan fingerprint density at radius 1 is 1.23 bits per heavy atom. The summed E-state index contributed by atoms with van der Waals surface area (Å²) in [5.74, 6) is 0.957. The summed E-state index contributed by atoms with van der Waals surface area (Å²) >= 11 is 0. The van der Waals surface area contributed by atoms with Gasteiger partial charge in [0.2, 0.25) is 5.91 Å². The Bertz CT molecular complexity index is 930. The van der Waals surface area contributed by atoms with Gasteiger partial charge in [0, 0.05) is 57.4 Å². The van der Waals surface area contributed by atoms with Crippen LogP contribution >= 0.6 is 24.0 Å². The van der Waals surface area contributed by atoms with E-state index in [1.165, 1.54) is 28.8 Å². The Labute approximate surface area is 195 Å². The van der Waals surface area contributed by atoms with Gasteiger partial charge >= 0.3 is 0 Å². The Balaban J connectivity index is 0.00000256. The summed E-state index contributed by atoms with van der Waals surface area (Å²) in [7, 11) is 3.93. The maximum atomic E-state index is 12.0. The number of nitrogens with zero attached hydrogens (tertiary/aromatic N) is 2. The fourth-order valence-corrected chi connectivity index (χ4v) is 4.26. The van der Waals surface area contributed by atoms with E-state index < -0.39 is 0 Å². The molecule has 2 aliphatic heterocycles. The molecule has 30 heavy (non-hydrogen) atoms. The molecule has 0 aliphatic carbocycles. The van der Waals surface area contributed by atoms with Crippen LogP contribution in [0.25, 0.3) is 0 Å². The molecule has 2 aromatic carbocycles. The molecule has 0 saturated carbocycles. The standard InChI is InChI=1S/C23H29N5O.HI/c1-24-23(25-14-16-9-10-21-17(12-16)6-5-11-28(21)2)26-15-18-13-22(29)27-20-8-4-3-7-19(18)20;/h3-4,7-10,12,18H,5-6,11,13-15H2,1-2H3,(H,27,29)(H2,24,25,26);1H. The fourth-order valence-electron chi connectivity index (χ4n) is 4.26. The molecule has 2 heterocycles. The number of guanidine groups is 1. The summed E-state index contributed by atoms with van der Waals surface area (Å²) in [5, 5.41) is 9.74. The van der Waals surface area contributed by atoms with E-state index in [1.807, 2.05) is 18.2 Å². The van der Waals surface area contributed by atoms with E-state index >= 15 is 0 Å². The summed E-state index contributed by atoms with van der Waals surface area (Å²) in [4.78, 5) is 18.7. The van der Waals surface area contributed by atoms with Crippen molar-refractivity contribution in [1.29, 1.82) is 0 Å². The molecule has 1 unspecified atom stereocenters. The Hall–Kier alpha value is -2.29. The highest BCUT2D eigenvalue weighted by molar-refractivity contribution is 14.0. The number of anilines is 2. The van der Waals surface area contributed by atoms with Crippen molar-refractivity contribution >= 4 is 47.2 Å². The second kappa shape index (κ2) is 10.1. The molecule has 4 rings (SSSR count). The second-order valence-electron chi connectivity index (χ2n) is 7.83. The lowest BCUT2D eigenvalue weighted by Gasteiger charge is -2.28. The third-order valence-electron chi connectivity index (χ3n) is 5.80. The van der Waals surface area contributed by atoms with E-state index in [9.17, 15) is 4.79 Å². The Morgan fingerprint density at radius 3 is 2.90 bits per heavy atom. The van der Waals surface area contributed by atoms with Gasteiger partial charge in [-0.15, -0.1) is 24.0 Å². The number of hydrogen-bond donors (Lipinski definition) is 3. The molecule has 2 aromatic rings. The van der Waals surface area contributed by atoms with Crippen LogP contribution in [0.1, 0.15) is 35.4 Å². The normalized spacial score (nSPS) is 17.9. The summed E-state index contributed by atoms with van der Waals surface area (Å²) in [6.07, 6.45) is 2.84. The van der Waals surface area contributed by atoms with Gasteiger partial charge in [-0.25, -0.2) is 0 Å². The third kappa shape index (κ3) is 5.06. The zero-order valence-corrected chi connectivity index (χ0v) is 19.9. The molecule has 0 fully saturated rings. The van der Waals surface area contributed by atoms with E-state index in [1.54, 1.807) is 7.05 Å². The second-order valence-corrected chi connectivity index (χ2v) is 7.83. The van der Waals surface area contributed by atoms with Crippen LogP contribution in [0.2, 0.25) is 0 Å². The number of carbonyl (C=O) groups is 1. The van der Waals surface area contributed by atoms with Gasteiger partial charge < -0.3 is 20.9 Å². The smallest absolute Gasteiger partial charge is 0.225 e. The van der Waals surface area contributed by atoms with Crippen molar-refractivity contribution in [3.63, 3.8) is 0 Å². The average Bonchev–Trinajstić information content (AvgIpc) is 2.73. The van der Waals surface area contributed by atoms with Crippen molar-refractivity contribution in [1.82, 2.24) is 10.6 Å². The number of carbonyl (C=O) groups excluding carboxylic acids is 1. The molecule has 2 aliphatic rings. The Kier molecular flexibility index (Phi) is 7.58. The zero-order valence-electron chi connectivity index (χ0n) is 17.6. The first-order chi connectivity index (χ1) is 14.1. The van der Waals surface area contributed by atoms with Crippen LogP contribution in [0, 0.1) is 0 Å². The van der Waals surface area contributed by atoms with Crippen LogP contribution in [0.15, 0.2) is 47.5 Å². The van der Waals surface area contributed by atoms with Crippen molar-refractivity contribution < 1.29 is 4.79 Å². The first-order valence-electron chi connectivity index (χ1n) is 10.3. The quantitative estimate of drug-likeness (QED) is 0.329. The van der Waals surface area contributed by atoms with E-state index in [-0.39, 0.29) is 35.8 Å². The fraction of sp³-hybridized carbons (Fsp3) is 0.391. The number of benzene rings is 2. The molecular weight excluding hydrogens is 489 g/mol. The highest BCUT2D eigenvalue weighted by Crippen LogP contribution is 2.31. The number of rotatable bonds is 4. The molecule has 3 N–H and O–H groups in total. The van der Waals surface area contributed by atoms with Crippen LogP contribution in [-0.2, 0) is 17.8 Å². The van der Waals surface area contributed by atoms with Gasteiger partial charge in [0.15, 0.2) is 5.96 Å². The van der Waals surface area contributed by atoms with Gasteiger partial charge in [-0.05, 0) is 41.7 Å². The van der Waals surface area contributed by atoms with Gasteiger partial charge in [0.05, 0.1) is 0 Å². The number of hydrogen-bond acceptors (Lipinski definition) is 3. The van der Waals surface area contributed by atoms with Gasteiger partial charge in [0.25, 0.3) is 0 Å². The molecule has 0 saturated heterocycles. The van der Waals surface area contributed by atoms with Gasteiger partial charge in [-0.3, -0.25) is 9.79 Å². The van der Waals surface area contributed by atoms with Gasteiger partial charge in [-0.2, -0.15) is 0 Å². The zero-order chi connectivity index (χ0) is 20.2. The number of aryl methyl sites for hydroxylation is 1. The van der Waals surface area contributed by atoms with Crippen LogP contribution in [-0.4, -0.2) is 39.1 Å². The van der Waals surface area contributed by atoms with Crippen LogP contribution < -0.4 is 20.9 Å². The number of halogens is 1. The molecule has 1 atom stereocenters. The monoisotopic (exact) mass is 519 g/mol. The molecule has 0 radical (unpaired) electrons. The number of aliphatic imine (C=N–C) groups is 1. The molecule has 160 valence electrons. The highest BCUT2D eigenvalue weighted by Gasteiger charge is 2.24. The third-order valence-corrected chi connectivity index (χ3v) is 5.80. The molecular formula is C23H30IN5O. The van der Waals surface area contributed by atoms with E-state index in [4.69, 9.17) is 0 Å². The molecule has 1 amide bonds. The first kappa shape index (κ1) is 22.4. The van der Waals surface area contributed by atoms with E-state index in [0.717, 1.165) is 31.2 Å². The molecule has 6 nitrogen and oxygen atoms in total. The first-order valence-corrected chi connectivity index (χ1v) is 10.3.